The van der Waals surface area contributed by atoms with Gasteiger partial charge < -0.3 is 20.7 Å². The van der Waals surface area contributed by atoms with Crippen molar-refractivity contribution in [2.45, 2.75) is 6.42 Å². The summed E-state index contributed by atoms with van der Waals surface area (Å²) in [4.78, 5) is 13.8. The summed E-state index contributed by atoms with van der Waals surface area (Å²) in [5.74, 6) is 0.169. The molecule has 1 heterocycles. The topological polar surface area (TPSA) is 67.6 Å². The number of benzene rings is 1. The highest BCUT2D eigenvalue weighted by Gasteiger charge is 2.16. The van der Waals surface area contributed by atoms with Crippen LogP contribution >= 0.6 is 15.9 Å². The van der Waals surface area contributed by atoms with Crippen LogP contribution in [0.5, 0.6) is 0 Å². The van der Waals surface area contributed by atoms with Gasteiger partial charge in [0.15, 0.2) is 0 Å². The second kappa shape index (κ2) is 6.77. The van der Waals surface area contributed by atoms with Crippen molar-refractivity contribution in [3.8, 4) is 0 Å². The Morgan fingerprint density at radius 1 is 1.42 bits per heavy atom. The van der Waals surface area contributed by atoms with E-state index in [0.717, 1.165) is 10.2 Å². The first-order chi connectivity index (χ1) is 9.16. The van der Waals surface area contributed by atoms with Crippen LogP contribution in [0.2, 0.25) is 0 Å². The fraction of sp³-hybridized carbons (Fsp3) is 0.462. The van der Waals surface area contributed by atoms with E-state index in [0.29, 0.717) is 45.0 Å². The van der Waals surface area contributed by atoms with Gasteiger partial charge in [-0.15, -0.1) is 0 Å². The Morgan fingerprint density at radius 2 is 2.16 bits per heavy atom. The van der Waals surface area contributed by atoms with Crippen LogP contribution in [0.4, 0.5) is 11.4 Å². The highest BCUT2D eigenvalue weighted by Crippen LogP contribution is 2.24. The Balaban J connectivity index is 1.78. The zero-order valence-corrected chi connectivity index (χ0v) is 12.3. The number of morpholine rings is 1. The zero-order chi connectivity index (χ0) is 13.7. The van der Waals surface area contributed by atoms with E-state index < -0.39 is 0 Å². The minimum atomic E-state index is 0.169. The van der Waals surface area contributed by atoms with E-state index in [9.17, 15) is 4.79 Å². The summed E-state index contributed by atoms with van der Waals surface area (Å²) in [5, 5.41) is 3.23. The van der Waals surface area contributed by atoms with Gasteiger partial charge in [0.05, 0.1) is 13.2 Å². The number of carbonyl (C=O) groups excluding carboxylic acids is 1. The largest absolute Gasteiger partial charge is 0.399 e. The van der Waals surface area contributed by atoms with E-state index in [2.05, 4.69) is 21.2 Å². The van der Waals surface area contributed by atoms with Gasteiger partial charge >= 0.3 is 0 Å². The van der Waals surface area contributed by atoms with Gasteiger partial charge in [0.1, 0.15) is 0 Å². The van der Waals surface area contributed by atoms with Crippen molar-refractivity contribution in [3.63, 3.8) is 0 Å². The number of nitrogen functional groups attached to an aromatic ring is 1. The number of halogens is 1. The van der Waals surface area contributed by atoms with Gasteiger partial charge in [0, 0.05) is 41.9 Å². The van der Waals surface area contributed by atoms with Gasteiger partial charge in [-0.05, 0) is 34.1 Å². The average Bonchev–Trinajstić information content (AvgIpc) is 2.42. The third-order valence-corrected chi connectivity index (χ3v) is 3.67. The molecule has 3 N–H and O–H groups in total. The summed E-state index contributed by atoms with van der Waals surface area (Å²) >= 11 is 3.44. The molecule has 1 aromatic carbocycles. The summed E-state index contributed by atoms with van der Waals surface area (Å²) < 4.78 is 6.13. The number of nitrogens with two attached hydrogens (primary N) is 1. The highest BCUT2D eigenvalue weighted by molar-refractivity contribution is 9.10. The van der Waals surface area contributed by atoms with Crippen LogP contribution in [0.15, 0.2) is 22.7 Å². The van der Waals surface area contributed by atoms with Crippen LogP contribution in [0.1, 0.15) is 6.42 Å². The maximum atomic E-state index is 11.9. The number of hydrogen-bond donors (Lipinski definition) is 2. The molecule has 2 rings (SSSR count). The molecular weight excluding hydrogens is 310 g/mol. The Labute approximate surface area is 121 Å². The number of nitrogens with one attached hydrogen (secondary N) is 1. The van der Waals surface area contributed by atoms with Crippen molar-refractivity contribution < 1.29 is 9.53 Å². The molecule has 1 aliphatic rings. The van der Waals surface area contributed by atoms with E-state index in [1.165, 1.54) is 0 Å². The van der Waals surface area contributed by atoms with Crippen molar-refractivity contribution in [3.05, 3.63) is 22.7 Å². The second-order valence-corrected chi connectivity index (χ2v) is 5.26. The third kappa shape index (κ3) is 4.11. The molecule has 1 aliphatic heterocycles. The third-order valence-electron chi connectivity index (χ3n) is 3.01. The fourth-order valence-electron chi connectivity index (χ4n) is 1.95. The normalized spacial score (nSPS) is 15.3. The van der Waals surface area contributed by atoms with Gasteiger partial charge in [-0.2, -0.15) is 0 Å². The summed E-state index contributed by atoms with van der Waals surface area (Å²) in [6.45, 7) is 3.29. The van der Waals surface area contributed by atoms with E-state index in [1.807, 2.05) is 23.1 Å². The van der Waals surface area contributed by atoms with Crippen molar-refractivity contribution in [2.24, 2.45) is 0 Å². The fourth-order valence-corrected chi connectivity index (χ4v) is 2.49. The van der Waals surface area contributed by atoms with Crippen molar-refractivity contribution >= 4 is 33.2 Å². The monoisotopic (exact) mass is 327 g/mol. The highest BCUT2D eigenvalue weighted by atomic mass is 79.9. The number of amides is 1. The van der Waals surface area contributed by atoms with E-state index in [4.69, 9.17) is 10.5 Å². The van der Waals surface area contributed by atoms with Crippen molar-refractivity contribution in [1.82, 2.24) is 4.90 Å². The molecule has 104 valence electrons. The molecule has 0 aromatic heterocycles. The Hall–Kier alpha value is -1.27. The maximum Gasteiger partial charge on any atom is 0.224 e. The molecule has 1 aromatic rings. The predicted molar refractivity (Wildman–Crippen MR) is 79.1 cm³/mol. The maximum absolute atomic E-state index is 11.9. The van der Waals surface area contributed by atoms with Gasteiger partial charge in [-0.1, -0.05) is 0 Å². The van der Waals surface area contributed by atoms with E-state index in [-0.39, 0.29) is 5.91 Å². The molecule has 19 heavy (non-hydrogen) atoms. The number of rotatable bonds is 4. The van der Waals surface area contributed by atoms with Crippen molar-refractivity contribution in [2.75, 3.05) is 43.9 Å². The quantitative estimate of drug-likeness (QED) is 0.826. The first kappa shape index (κ1) is 14.1. The van der Waals surface area contributed by atoms with Crippen molar-refractivity contribution in [1.29, 1.82) is 0 Å². The lowest BCUT2D eigenvalue weighted by Crippen LogP contribution is -2.41. The number of hydrogen-bond acceptors (Lipinski definition) is 4. The van der Waals surface area contributed by atoms with Crippen LogP contribution in [-0.2, 0) is 9.53 Å². The van der Waals surface area contributed by atoms with Crippen LogP contribution < -0.4 is 11.1 Å². The molecule has 1 fully saturated rings. The molecule has 0 radical (unpaired) electrons. The molecule has 0 atom stereocenters. The summed E-state index contributed by atoms with van der Waals surface area (Å²) in [6.07, 6.45) is 0.483. The predicted octanol–water partition coefficient (Wildman–Crippen LogP) is 1.69. The smallest absolute Gasteiger partial charge is 0.224 e. The lowest BCUT2D eigenvalue weighted by molar-refractivity contribution is -0.134. The number of ether oxygens (including phenoxy) is 1. The lowest BCUT2D eigenvalue weighted by atomic mass is 10.2. The molecular formula is C13H18BrN3O2. The molecule has 6 heteroatoms. The van der Waals surface area contributed by atoms with E-state index >= 15 is 0 Å². The molecule has 0 spiro atoms. The first-order valence-corrected chi connectivity index (χ1v) is 7.10. The minimum Gasteiger partial charge on any atom is -0.399 e. The van der Waals surface area contributed by atoms with E-state index in [1.54, 1.807) is 0 Å². The molecule has 5 nitrogen and oxygen atoms in total. The Kier molecular flexibility index (Phi) is 5.04. The standard InChI is InChI=1S/C13H18BrN3O2/c14-11-9-10(15)1-2-12(11)16-4-3-13(18)17-5-7-19-8-6-17/h1-2,9,16H,3-8,15H2. The van der Waals surface area contributed by atoms with Crippen LogP contribution in [0, 0.1) is 0 Å². The number of carbonyl (C=O) groups is 1. The molecule has 0 bridgehead atoms. The molecule has 0 saturated carbocycles. The van der Waals surface area contributed by atoms with Gasteiger partial charge in [0.2, 0.25) is 5.91 Å². The lowest BCUT2D eigenvalue weighted by Gasteiger charge is -2.27. The van der Waals surface area contributed by atoms with Gasteiger partial charge in [-0.25, -0.2) is 0 Å². The summed E-state index contributed by atoms with van der Waals surface area (Å²) in [5.41, 5.74) is 7.33. The van der Waals surface area contributed by atoms with Crippen LogP contribution in [-0.4, -0.2) is 43.7 Å². The number of nitrogens with zero attached hydrogens (tertiary/aromatic N) is 1. The zero-order valence-electron chi connectivity index (χ0n) is 10.7. The molecule has 0 aliphatic carbocycles. The molecule has 0 unspecified atom stereocenters. The molecule has 1 saturated heterocycles. The summed E-state index contributed by atoms with van der Waals surface area (Å²) in [7, 11) is 0. The van der Waals surface area contributed by atoms with Gasteiger partial charge in [0.25, 0.3) is 0 Å². The second-order valence-electron chi connectivity index (χ2n) is 4.41. The Bertz CT molecular complexity index is 448. The SMILES string of the molecule is Nc1ccc(NCCC(=O)N2CCOCC2)c(Br)c1. The first-order valence-electron chi connectivity index (χ1n) is 6.31. The average molecular weight is 328 g/mol. The van der Waals surface area contributed by atoms with Crippen LogP contribution in [0.25, 0.3) is 0 Å². The van der Waals surface area contributed by atoms with Crippen LogP contribution in [0.3, 0.4) is 0 Å². The number of anilines is 2. The summed E-state index contributed by atoms with van der Waals surface area (Å²) in [6, 6.07) is 5.57. The Morgan fingerprint density at radius 3 is 2.84 bits per heavy atom. The van der Waals surface area contributed by atoms with Gasteiger partial charge in [-0.3, -0.25) is 4.79 Å². The molecule has 1 amide bonds. The minimum absolute atomic E-state index is 0.169.